The van der Waals surface area contributed by atoms with Crippen molar-refractivity contribution >= 4 is 11.6 Å². The molecule has 0 atom stereocenters. The van der Waals surface area contributed by atoms with Crippen LogP contribution in [-0.4, -0.2) is 36.9 Å². The third kappa shape index (κ3) is 4.25. The fourth-order valence-corrected chi connectivity index (χ4v) is 2.80. The molecule has 0 aliphatic carbocycles. The Kier molecular flexibility index (Phi) is 6.16. The Morgan fingerprint density at radius 2 is 1.82 bits per heavy atom. The van der Waals surface area contributed by atoms with E-state index in [9.17, 15) is 4.79 Å². The second-order valence-corrected chi connectivity index (χ2v) is 6.00. The van der Waals surface area contributed by atoms with Gasteiger partial charge in [0.2, 0.25) is 0 Å². The summed E-state index contributed by atoms with van der Waals surface area (Å²) in [5.41, 5.74) is 2.90. The van der Waals surface area contributed by atoms with Crippen LogP contribution in [0.1, 0.15) is 12.6 Å². The molecule has 0 unspecified atom stereocenters. The Hall–Kier alpha value is -3.48. The monoisotopic (exact) mass is 381 g/mol. The van der Waals surface area contributed by atoms with E-state index in [1.54, 1.807) is 32.4 Å². The number of amides is 1. The highest BCUT2D eigenvalue weighted by Gasteiger charge is 2.18. The first kappa shape index (κ1) is 19.3. The van der Waals surface area contributed by atoms with Crippen molar-refractivity contribution in [3.05, 3.63) is 54.2 Å². The zero-order valence-electron chi connectivity index (χ0n) is 16.1. The van der Waals surface area contributed by atoms with Crippen molar-refractivity contribution in [3.63, 3.8) is 0 Å². The predicted octanol–water partition coefficient (Wildman–Crippen LogP) is 3.67. The summed E-state index contributed by atoms with van der Waals surface area (Å²) in [7, 11) is 3.16. The molecule has 3 aromatic rings. The van der Waals surface area contributed by atoms with Gasteiger partial charge in [0.05, 0.1) is 25.6 Å². The molecular weight excluding hydrogens is 358 g/mol. The van der Waals surface area contributed by atoms with E-state index in [4.69, 9.17) is 14.2 Å². The molecule has 0 spiro atoms. The summed E-state index contributed by atoms with van der Waals surface area (Å²) in [6, 6.07) is 14.7. The van der Waals surface area contributed by atoms with Crippen molar-refractivity contribution in [2.45, 2.75) is 13.3 Å². The van der Waals surface area contributed by atoms with Gasteiger partial charge in [0.1, 0.15) is 11.4 Å². The van der Waals surface area contributed by atoms with Crippen molar-refractivity contribution in [2.75, 3.05) is 26.1 Å². The number of aryl methyl sites for hydroxylation is 1. The normalized spacial score (nSPS) is 10.4. The second-order valence-electron chi connectivity index (χ2n) is 6.00. The largest absolute Gasteiger partial charge is 0.493 e. The van der Waals surface area contributed by atoms with Gasteiger partial charge in [-0.15, -0.1) is 0 Å². The lowest BCUT2D eigenvalue weighted by molar-refractivity contribution is -0.118. The number of nitrogens with zero attached hydrogens (tertiary/aromatic N) is 1. The molecule has 2 aromatic carbocycles. The standard InChI is InChI=1S/C21H23N3O4/c1-4-16-21(22-19(25)13-28-15-8-6-5-7-9-15)20(24-23-16)14-10-11-17(26-2)18(12-14)27-3/h5-12H,4,13H2,1-3H3,(H,22,25)(H,23,24). The molecule has 7 nitrogen and oxygen atoms in total. The minimum absolute atomic E-state index is 0.0935. The van der Waals surface area contributed by atoms with E-state index < -0.39 is 0 Å². The maximum Gasteiger partial charge on any atom is 0.262 e. The molecule has 0 aliphatic heterocycles. The average molecular weight is 381 g/mol. The van der Waals surface area contributed by atoms with Crippen LogP contribution in [0.15, 0.2) is 48.5 Å². The summed E-state index contributed by atoms with van der Waals surface area (Å²) in [5, 5.41) is 10.3. The van der Waals surface area contributed by atoms with Crippen LogP contribution in [0.2, 0.25) is 0 Å². The van der Waals surface area contributed by atoms with Gasteiger partial charge in [0.15, 0.2) is 18.1 Å². The summed E-state index contributed by atoms with van der Waals surface area (Å²) in [5.74, 6) is 1.59. The van der Waals surface area contributed by atoms with Crippen LogP contribution in [0.4, 0.5) is 5.69 Å². The van der Waals surface area contributed by atoms with Crippen molar-refractivity contribution in [2.24, 2.45) is 0 Å². The fourth-order valence-electron chi connectivity index (χ4n) is 2.80. The van der Waals surface area contributed by atoms with Crippen LogP contribution in [0.5, 0.6) is 17.2 Å². The Morgan fingerprint density at radius 1 is 1.07 bits per heavy atom. The van der Waals surface area contributed by atoms with Crippen molar-refractivity contribution in [3.8, 4) is 28.5 Å². The molecule has 0 fully saturated rings. The Labute approximate surface area is 163 Å². The summed E-state index contributed by atoms with van der Waals surface area (Å²) in [6.45, 7) is 1.89. The summed E-state index contributed by atoms with van der Waals surface area (Å²) in [4.78, 5) is 12.4. The molecule has 0 saturated carbocycles. The van der Waals surface area contributed by atoms with Gasteiger partial charge in [-0.1, -0.05) is 25.1 Å². The maximum absolute atomic E-state index is 12.4. The molecule has 0 aliphatic rings. The van der Waals surface area contributed by atoms with Crippen molar-refractivity contribution in [1.82, 2.24) is 10.2 Å². The molecule has 3 rings (SSSR count). The minimum Gasteiger partial charge on any atom is -0.493 e. The van der Waals surface area contributed by atoms with Gasteiger partial charge < -0.3 is 19.5 Å². The van der Waals surface area contributed by atoms with Gasteiger partial charge in [-0.2, -0.15) is 5.10 Å². The Balaban J connectivity index is 1.81. The number of carbonyl (C=O) groups excluding carboxylic acids is 1. The number of rotatable bonds is 8. The van der Waals surface area contributed by atoms with Crippen molar-refractivity contribution < 1.29 is 19.0 Å². The van der Waals surface area contributed by atoms with Crippen LogP contribution < -0.4 is 19.5 Å². The predicted molar refractivity (Wildman–Crippen MR) is 107 cm³/mol. The van der Waals surface area contributed by atoms with Crippen LogP contribution in [-0.2, 0) is 11.2 Å². The van der Waals surface area contributed by atoms with E-state index in [-0.39, 0.29) is 12.5 Å². The summed E-state index contributed by atoms with van der Waals surface area (Å²) < 4.78 is 16.2. The summed E-state index contributed by atoms with van der Waals surface area (Å²) >= 11 is 0. The molecule has 7 heteroatoms. The number of aromatic nitrogens is 2. The van der Waals surface area contributed by atoms with E-state index in [1.807, 2.05) is 37.3 Å². The molecule has 1 amide bonds. The van der Waals surface area contributed by atoms with E-state index in [0.29, 0.717) is 35.1 Å². The summed E-state index contributed by atoms with van der Waals surface area (Å²) in [6.07, 6.45) is 0.690. The topological polar surface area (TPSA) is 85.5 Å². The highest BCUT2D eigenvalue weighted by Crippen LogP contribution is 2.35. The van der Waals surface area contributed by atoms with E-state index in [1.165, 1.54) is 0 Å². The number of H-pyrrole nitrogens is 1. The number of anilines is 1. The molecule has 0 saturated heterocycles. The lowest BCUT2D eigenvalue weighted by atomic mass is 10.1. The quantitative estimate of drug-likeness (QED) is 0.622. The van der Waals surface area contributed by atoms with Crippen molar-refractivity contribution in [1.29, 1.82) is 0 Å². The van der Waals surface area contributed by atoms with Gasteiger partial charge >= 0.3 is 0 Å². The zero-order chi connectivity index (χ0) is 19.9. The highest BCUT2D eigenvalue weighted by atomic mass is 16.5. The van der Waals surface area contributed by atoms with Crippen LogP contribution in [0.25, 0.3) is 11.3 Å². The smallest absolute Gasteiger partial charge is 0.262 e. The van der Waals surface area contributed by atoms with Gasteiger partial charge in [-0.3, -0.25) is 9.89 Å². The van der Waals surface area contributed by atoms with Crippen LogP contribution >= 0.6 is 0 Å². The second kappa shape index (κ2) is 8.94. The molecule has 0 bridgehead atoms. The van der Waals surface area contributed by atoms with E-state index >= 15 is 0 Å². The number of hydrogen-bond acceptors (Lipinski definition) is 5. The lowest BCUT2D eigenvalue weighted by Crippen LogP contribution is -2.21. The fraction of sp³-hybridized carbons (Fsp3) is 0.238. The third-order valence-corrected chi connectivity index (χ3v) is 4.23. The zero-order valence-corrected chi connectivity index (χ0v) is 16.1. The van der Waals surface area contributed by atoms with Crippen LogP contribution in [0, 0.1) is 0 Å². The first-order valence-electron chi connectivity index (χ1n) is 8.93. The minimum atomic E-state index is -0.262. The molecule has 1 heterocycles. The maximum atomic E-state index is 12.4. The SMILES string of the molecule is CCc1[nH]nc(-c2ccc(OC)c(OC)c2)c1NC(=O)COc1ccccc1. The lowest BCUT2D eigenvalue weighted by Gasteiger charge is -2.11. The molecule has 2 N–H and O–H groups in total. The third-order valence-electron chi connectivity index (χ3n) is 4.23. The number of benzene rings is 2. The van der Waals surface area contributed by atoms with Gasteiger partial charge in [0.25, 0.3) is 5.91 Å². The average Bonchev–Trinajstić information content (AvgIpc) is 3.14. The van der Waals surface area contributed by atoms with E-state index in [2.05, 4.69) is 15.5 Å². The number of ether oxygens (including phenoxy) is 3. The first-order chi connectivity index (χ1) is 13.7. The van der Waals surface area contributed by atoms with Gasteiger partial charge in [-0.05, 0) is 36.8 Å². The molecule has 28 heavy (non-hydrogen) atoms. The molecular formula is C21H23N3O4. The number of aromatic amines is 1. The Morgan fingerprint density at radius 3 is 2.50 bits per heavy atom. The molecule has 146 valence electrons. The molecule has 0 radical (unpaired) electrons. The van der Waals surface area contributed by atoms with E-state index in [0.717, 1.165) is 11.3 Å². The number of para-hydroxylation sites is 1. The highest BCUT2D eigenvalue weighted by molar-refractivity contribution is 5.96. The number of hydrogen-bond donors (Lipinski definition) is 2. The van der Waals surface area contributed by atoms with Gasteiger partial charge in [-0.25, -0.2) is 0 Å². The number of carbonyl (C=O) groups is 1. The van der Waals surface area contributed by atoms with Gasteiger partial charge in [0, 0.05) is 5.56 Å². The first-order valence-corrected chi connectivity index (χ1v) is 8.93. The Bertz CT molecular complexity index is 938. The molecule has 1 aromatic heterocycles. The van der Waals surface area contributed by atoms with Crippen LogP contribution in [0.3, 0.4) is 0 Å². The number of methoxy groups -OCH3 is 2. The number of nitrogens with one attached hydrogen (secondary N) is 2.